The Morgan fingerprint density at radius 2 is 2.10 bits per heavy atom. The van der Waals surface area contributed by atoms with Crippen molar-refractivity contribution in [1.29, 1.82) is 0 Å². The molecule has 1 aliphatic carbocycles. The molecule has 0 radical (unpaired) electrons. The molecule has 0 amide bonds. The van der Waals surface area contributed by atoms with Crippen LogP contribution < -0.4 is 5.32 Å². The standard InChI is InChI=1S/C14H21N3O3/c18-14(19)12-7-8-13(17-16-12)15-9-4-10-20-11-5-2-1-3-6-11/h7-8,11H,1-6,9-10H2,(H,15,17)(H,18,19). The first-order valence-corrected chi connectivity index (χ1v) is 7.18. The monoisotopic (exact) mass is 279 g/mol. The van der Waals surface area contributed by atoms with Crippen molar-refractivity contribution in [3.63, 3.8) is 0 Å². The zero-order chi connectivity index (χ0) is 14.2. The van der Waals surface area contributed by atoms with Crippen LogP contribution in [-0.2, 0) is 4.74 Å². The third-order valence-corrected chi connectivity index (χ3v) is 3.42. The molecule has 2 rings (SSSR count). The van der Waals surface area contributed by atoms with E-state index in [9.17, 15) is 4.79 Å². The number of hydrogen-bond acceptors (Lipinski definition) is 5. The molecule has 0 aliphatic heterocycles. The Morgan fingerprint density at radius 1 is 1.30 bits per heavy atom. The van der Waals surface area contributed by atoms with Gasteiger partial charge < -0.3 is 15.2 Å². The van der Waals surface area contributed by atoms with E-state index in [0.717, 1.165) is 19.6 Å². The highest BCUT2D eigenvalue weighted by Crippen LogP contribution is 2.20. The highest BCUT2D eigenvalue weighted by atomic mass is 16.5. The lowest BCUT2D eigenvalue weighted by molar-refractivity contribution is 0.0284. The Balaban J connectivity index is 1.59. The average molecular weight is 279 g/mol. The Morgan fingerprint density at radius 3 is 2.75 bits per heavy atom. The quantitative estimate of drug-likeness (QED) is 0.745. The molecule has 1 aromatic heterocycles. The average Bonchev–Trinajstić information content (AvgIpc) is 2.48. The Hall–Kier alpha value is -1.69. The fourth-order valence-corrected chi connectivity index (χ4v) is 2.31. The van der Waals surface area contributed by atoms with E-state index in [4.69, 9.17) is 9.84 Å². The van der Waals surface area contributed by atoms with Gasteiger partial charge in [0.05, 0.1) is 6.10 Å². The zero-order valence-electron chi connectivity index (χ0n) is 11.5. The van der Waals surface area contributed by atoms with E-state index in [1.807, 2.05) is 0 Å². The summed E-state index contributed by atoms with van der Waals surface area (Å²) in [7, 11) is 0. The van der Waals surface area contributed by atoms with Gasteiger partial charge in [-0.1, -0.05) is 19.3 Å². The van der Waals surface area contributed by atoms with Crippen molar-refractivity contribution < 1.29 is 14.6 Å². The van der Waals surface area contributed by atoms with E-state index in [1.165, 1.54) is 38.2 Å². The number of nitrogens with zero attached hydrogens (tertiary/aromatic N) is 2. The van der Waals surface area contributed by atoms with Crippen LogP contribution in [0.3, 0.4) is 0 Å². The summed E-state index contributed by atoms with van der Waals surface area (Å²) < 4.78 is 5.82. The molecule has 1 fully saturated rings. The van der Waals surface area contributed by atoms with Gasteiger partial charge in [0, 0.05) is 13.2 Å². The lowest BCUT2D eigenvalue weighted by Crippen LogP contribution is -2.18. The second kappa shape index (κ2) is 7.79. The second-order valence-corrected chi connectivity index (χ2v) is 5.02. The second-order valence-electron chi connectivity index (χ2n) is 5.02. The molecule has 1 aromatic rings. The molecule has 110 valence electrons. The Bertz CT molecular complexity index is 416. The fraction of sp³-hybridized carbons (Fsp3) is 0.643. The van der Waals surface area contributed by atoms with Crippen LogP contribution in [0.4, 0.5) is 5.82 Å². The summed E-state index contributed by atoms with van der Waals surface area (Å²) in [4.78, 5) is 10.6. The maximum absolute atomic E-state index is 10.6. The molecule has 0 atom stereocenters. The summed E-state index contributed by atoms with van der Waals surface area (Å²) in [5, 5.41) is 19.2. The number of hydrogen-bond donors (Lipinski definition) is 2. The van der Waals surface area contributed by atoms with E-state index < -0.39 is 5.97 Å². The van der Waals surface area contributed by atoms with Gasteiger partial charge in [0.25, 0.3) is 0 Å². The number of aromatic nitrogens is 2. The van der Waals surface area contributed by atoms with Gasteiger partial charge in [-0.3, -0.25) is 0 Å². The summed E-state index contributed by atoms with van der Waals surface area (Å²) in [5.74, 6) is -0.474. The van der Waals surface area contributed by atoms with E-state index in [-0.39, 0.29) is 5.69 Å². The minimum atomic E-state index is -1.06. The number of ether oxygens (including phenoxy) is 1. The molecule has 20 heavy (non-hydrogen) atoms. The minimum absolute atomic E-state index is 0.0452. The maximum Gasteiger partial charge on any atom is 0.356 e. The van der Waals surface area contributed by atoms with Crippen molar-refractivity contribution in [2.45, 2.75) is 44.6 Å². The molecule has 6 heteroatoms. The first-order valence-electron chi connectivity index (χ1n) is 7.18. The molecular formula is C14H21N3O3. The third-order valence-electron chi connectivity index (χ3n) is 3.42. The summed E-state index contributed by atoms with van der Waals surface area (Å²) in [6.45, 7) is 1.49. The molecule has 1 saturated carbocycles. The van der Waals surface area contributed by atoms with Crippen molar-refractivity contribution in [2.24, 2.45) is 0 Å². The van der Waals surface area contributed by atoms with Gasteiger partial charge >= 0.3 is 5.97 Å². The topological polar surface area (TPSA) is 84.3 Å². The summed E-state index contributed by atoms with van der Waals surface area (Å²) in [6, 6.07) is 3.06. The predicted molar refractivity (Wildman–Crippen MR) is 74.9 cm³/mol. The van der Waals surface area contributed by atoms with Gasteiger partial charge in [-0.2, -0.15) is 0 Å². The van der Waals surface area contributed by atoms with Gasteiger partial charge in [0.1, 0.15) is 5.82 Å². The number of carbonyl (C=O) groups is 1. The van der Waals surface area contributed by atoms with Crippen molar-refractivity contribution in [3.8, 4) is 0 Å². The zero-order valence-corrected chi connectivity index (χ0v) is 11.5. The number of carboxylic acid groups (broad SMARTS) is 1. The summed E-state index contributed by atoms with van der Waals surface area (Å²) in [5.41, 5.74) is -0.0452. The number of rotatable bonds is 7. The molecule has 0 spiro atoms. The van der Waals surface area contributed by atoms with Gasteiger partial charge in [-0.25, -0.2) is 4.79 Å². The van der Waals surface area contributed by atoms with Gasteiger partial charge in [-0.05, 0) is 31.4 Å². The number of aromatic carboxylic acids is 1. The molecule has 0 aromatic carbocycles. The van der Waals surface area contributed by atoms with Crippen molar-refractivity contribution >= 4 is 11.8 Å². The minimum Gasteiger partial charge on any atom is -0.476 e. The van der Waals surface area contributed by atoms with Gasteiger partial charge in [-0.15, -0.1) is 10.2 Å². The Kier molecular flexibility index (Phi) is 5.73. The van der Waals surface area contributed by atoms with E-state index in [2.05, 4.69) is 15.5 Å². The lowest BCUT2D eigenvalue weighted by atomic mass is 9.98. The summed E-state index contributed by atoms with van der Waals surface area (Å²) >= 11 is 0. The fourth-order valence-electron chi connectivity index (χ4n) is 2.31. The molecule has 0 unspecified atom stereocenters. The van der Waals surface area contributed by atoms with E-state index in [0.29, 0.717) is 11.9 Å². The van der Waals surface area contributed by atoms with Crippen LogP contribution in [0.1, 0.15) is 49.0 Å². The van der Waals surface area contributed by atoms with Crippen LogP contribution in [0.15, 0.2) is 12.1 Å². The first-order chi connectivity index (χ1) is 9.75. The molecule has 1 heterocycles. The molecule has 0 saturated heterocycles. The maximum atomic E-state index is 10.6. The van der Waals surface area contributed by atoms with Crippen molar-refractivity contribution in [2.75, 3.05) is 18.5 Å². The van der Waals surface area contributed by atoms with E-state index in [1.54, 1.807) is 6.07 Å². The third kappa shape index (κ3) is 4.77. The molecular weight excluding hydrogens is 258 g/mol. The van der Waals surface area contributed by atoms with Gasteiger partial charge in [0.15, 0.2) is 5.69 Å². The van der Waals surface area contributed by atoms with Crippen molar-refractivity contribution in [1.82, 2.24) is 10.2 Å². The molecule has 6 nitrogen and oxygen atoms in total. The van der Waals surface area contributed by atoms with Crippen LogP contribution in [0.25, 0.3) is 0 Å². The molecule has 2 N–H and O–H groups in total. The number of nitrogens with one attached hydrogen (secondary N) is 1. The highest BCUT2D eigenvalue weighted by molar-refractivity contribution is 5.85. The number of carboxylic acids is 1. The number of anilines is 1. The van der Waals surface area contributed by atoms with Crippen LogP contribution in [-0.4, -0.2) is 40.5 Å². The first kappa shape index (κ1) is 14.7. The van der Waals surface area contributed by atoms with Crippen LogP contribution in [0.5, 0.6) is 0 Å². The van der Waals surface area contributed by atoms with Crippen LogP contribution >= 0.6 is 0 Å². The summed E-state index contributed by atoms with van der Waals surface area (Å²) in [6.07, 6.45) is 7.64. The highest BCUT2D eigenvalue weighted by Gasteiger charge is 2.12. The smallest absolute Gasteiger partial charge is 0.356 e. The lowest BCUT2D eigenvalue weighted by Gasteiger charge is -2.21. The molecule has 1 aliphatic rings. The largest absolute Gasteiger partial charge is 0.476 e. The SMILES string of the molecule is O=C(O)c1ccc(NCCCOC2CCCCC2)nn1. The normalized spacial score (nSPS) is 16.0. The van der Waals surface area contributed by atoms with Crippen LogP contribution in [0.2, 0.25) is 0 Å². The van der Waals surface area contributed by atoms with Gasteiger partial charge in [0.2, 0.25) is 0 Å². The van der Waals surface area contributed by atoms with Crippen LogP contribution in [0, 0.1) is 0 Å². The molecule has 0 bridgehead atoms. The predicted octanol–water partition coefficient (Wildman–Crippen LogP) is 2.33. The van der Waals surface area contributed by atoms with Crippen molar-refractivity contribution in [3.05, 3.63) is 17.8 Å². The van der Waals surface area contributed by atoms with E-state index >= 15 is 0 Å². The Labute approximate surface area is 118 Å².